The molecule has 134 valence electrons. The maximum Gasteiger partial charge on any atom is 0.309 e. The van der Waals surface area contributed by atoms with Gasteiger partial charge < -0.3 is 9.26 Å². The van der Waals surface area contributed by atoms with E-state index >= 15 is 0 Å². The number of hydrogen-bond acceptors (Lipinski definition) is 6. The van der Waals surface area contributed by atoms with Gasteiger partial charge in [0, 0.05) is 5.56 Å². The Balaban J connectivity index is 1.57. The fraction of sp³-hybridized carbons (Fsp3) is 0.500. The molecule has 1 aromatic heterocycles. The average molecular weight is 347 g/mol. The summed E-state index contributed by atoms with van der Waals surface area (Å²) in [6, 6.07) is 4.88. The molecular formula is C18H22FN3O3. The Hall–Kier alpha value is -2.28. The Bertz CT molecular complexity index is 739. The molecule has 6 nitrogen and oxygen atoms in total. The van der Waals surface area contributed by atoms with E-state index in [0.717, 1.165) is 25.9 Å². The zero-order valence-electron chi connectivity index (χ0n) is 14.5. The second-order valence-electron chi connectivity index (χ2n) is 6.28. The smallest absolute Gasteiger partial charge is 0.309 e. The van der Waals surface area contributed by atoms with Crippen molar-refractivity contribution in [3.05, 3.63) is 35.5 Å². The summed E-state index contributed by atoms with van der Waals surface area (Å²) in [7, 11) is 0. The lowest BCUT2D eigenvalue weighted by molar-refractivity contribution is -0.149. The number of piperidine rings is 1. The van der Waals surface area contributed by atoms with Crippen molar-refractivity contribution in [1.29, 1.82) is 0 Å². The maximum absolute atomic E-state index is 13.7. The van der Waals surface area contributed by atoms with Crippen molar-refractivity contribution < 1.29 is 18.4 Å². The summed E-state index contributed by atoms with van der Waals surface area (Å²) in [5, 5.41) is 3.94. The first kappa shape index (κ1) is 17.5. The molecule has 1 aliphatic heterocycles. The Labute approximate surface area is 146 Å². The molecule has 0 radical (unpaired) electrons. The highest BCUT2D eigenvalue weighted by atomic mass is 19.1. The van der Waals surface area contributed by atoms with E-state index in [0.29, 0.717) is 36.0 Å². The highest BCUT2D eigenvalue weighted by Gasteiger charge is 2.26. The second-order valence-corrected chi connectivity index (χ2v) is 6.28. The van der Waals surface area contributed by atoms with Crippen molar-refractivity contribution >= 4 is 5.97 Å². The van der Waals surface area contributed by atoms with Crippen molar-refractivity contribution in [3.63, 3.8) is 0 Å². The summed E-state index contributed by atoms with van der Waals surface area (Å²) in [5.41, 5.74) is 1.18. The Morgan fingerprint density at radius 1 is 1.40 bits per heavy atom. The molecule has 0 bridgehead atoms. The fourth-order valence-corrected chi connectivity index (χ4v) is 2.95. The number of nitrogens with zero attached hydrogens (tertiary/aromatic N) is 3. The number of hydrogen-bond donors (Lipinski definition) is 0. The van der Waals surface area contributed by atoms with Gasteiger partial charge in [0.05, 0.1) is 19.1 Å². The van der Waals surface area contributed by atoms with Gasteiger partial charge in [-0.3, -0.25) is 9.69 Å². The number of aryl methyl sites for hydroxylation is 1. The third-order valence-electron chi connectivity index (χ3n) is 4.46. The van der Waals surface area contributed by atoms with Crippen LogP contribution in [0.25, 0.3) is 11.4 Å². The Morgan fingerprint density at radius 2 is 2.16 bits per heavy atom. The molecule has 2 heterocycles. The van der Waals surface area contributed by atoms with Gasteiger partial charge in [0.2, 0.25) is 11.7 Å². The molecule has 0 spiro atoms. The minimum absolute atomic E-state index is 0.0232. The zero-order chi connectivity index (χ0) is 17.8. The van der Waals surface area contributed by atoms with Gasteiger partial charge in [0.25, 0.3) is 0 Å². The number of benzene rings is 1. The molecule has 0 unspecified atom stereocenters. The maximum atomic E-state index is 13.7. The van der Waals surface area contributed by atoms with Gasteiger partial charge in [-0.15, -0.1) is 0 Å². The molecule has 3 rings (SSSR count). The quantitative estimate of drug-likeness (QED) is 0.775. The summed E-state index contributed by atoms with van der Waals surface area (Å²) >= 11 is 0. The molecule has 0 atom stereocenters. The van der Waals surface area contributed by atoms with Crippen molar-refractivity contribution in [1.82, 2.24) is 15.0 Å². The molecular weight excluding hydrogens is 325 g/mol. The highest BCUT2D eigenvalue weighted by molar-refractivity contribution is 5.72. The van der Waals surface area contributed by atoms with Crippen molar-refractivity contribution in [2.75, 3.05) is 19.7 Å². The predicted molar refractivity (Wildman–Crippen MR) is 89.1 cm³/mol. The number of carbonyl (C=O) groups is 1. The molecule has 1 aromatic carbocycles. The third-order valence-corrected chi connectivity index (χ3v) is 4.46. The largest absolute Gasteiger partial charge is 0.466 e. The summed E-state index contributed by atoms with van der Waals surface area (Å²) < 4.78 is 24.0. The number of halogens is 1. The number of esters is 1. The van der Waals surface area contributed by atoms with E-state index in [1.54, 1.807) is 19.1 Å². The van der Waals surface area contributed by atoms with E-state index in [1.165, 1.54) is 6.07 Å². The molecule has 0 N–H and O–H groups in total. The predicted octanol–water partition coefficient (Wildman–Crippen LogP) is 2.96. The van der Waals surface area contributed by atoms with Gasteiger partial charge in [-0.1, -0.05) is 17.3 Å². The summed E-state index contributed by atoms with van der Waals surface area (Å²) in [6.45, 7) is 6.03. The monoisotopic (exact) mass is 347 g/mol. The van der Waals surface area contributed by atoms with Crippen LogP contribution in [-0.4, -0.2) is 40.7 Å². The van der Waals surface area contributed by atoms with E-state index in [1.807, 2.05) is 6.92 Å². The van der Waals surface area contributed by atoms with Crippen molar-refractivity contribution in [2.45, 2.75) is 33.2 Å². The molecule has 25 heavy (non-hydrogen) atoms. The van der Waals surface area contributed by atoms with Crippen LogP contribution < -0.4 is 0 Å². The fourth-order valence-electron chi connectivity index (χ4n) is 2.95. The van der Waals surface area contributed by atoms with Gasteiger partial charge in [-0.2, -0.15) is 4.98 Å². The number of rotatable bonds is 5. The second kappa shape index (κ2) is 7.74. The van der Waals surface area contributed by atoms with Crippen molar-refractivity contribution in [3.8, 4) is 11.4 Å². The van der Waals surface area contributed by atoms with Crippen LogP contribution in [0, 0.1) is 18.7 Å². The van der Waals surface area contributed by atoms with Crippen LogP contribution in [0.1, 0.15) is 31.2 Å². The van der Waals surface area contributed by atoms with Crippen molar-refractivity contribution in [2.24, 2.45) is 5.92 Å². The van der Waals surface area contributed by atoms with Crippen LogP contribution in [0.15, 0.2) is 22.7 Å². The van der Waals surface area contributed by atoms with E-state index in [9.17, 15) is 9.18 Å². The molecule has 0 saturated carbocycles. The zero-order valence-corrected chi connectivity index (χ0v) is 14.5. The van der Waals surface area contributed by atoms with E-state index < -0.39 is 0 Å². The first-order valence-electron chi connectivity index (χ1n) is 8.55. The minimum atomic E-state index is -0.287. The third kappa shape index (κ3) is 4.22. The Kier molecular flexibility index (Phi) is 5.43. The van der Waals surface area contributed by atoms with Crippen LogP contribution in [0.4, 0.5) is 4.39 Å². The standard InChI is InChI=1S/C18H22FN3O3/c1-3-24-18(23)13-6-8-22(9-7-13)11-16-20-17(21-25-16)14-5-4-12(2)15(19)10-14/h4-5,10,13H,3,6-9,11H2,1-2H3. The average Bonchev–Trinajstić information content (AvgIpc) is 3.07. The van der Waals surface area contributed by atoms with Crippen LogP contribution in [0.2, 0.25) is 0 Å². The summed E-state index contributed by atoms with van der Waals surface area (Å²) in [4.78, 5) is 18.3. The number of aromatic nitrogens is 2. The van der Waals surface area contributed by atoms with Crippen LogP contribution in [0.3, 0.4) is 0 Å². The summed E-state index contributed by atoms with van der Waals surface area (Å²) in [5.74, 6) is 0.458. The molecule has 0 aliphatic carbocycles. The van der Waals surface area contributed by atoms with Crippen LogP contribution in [-0.2, 0) is 16.1 Å². The van der Waals surface area contributed by atoms with Gasteiger partial charge in [-0.25, -0.2) is 4.39 Å². The topological polar surface area (TPSA) is 68.5 Å². The molecule has 2 aromatic rings. The van der Waals surface area contributed by atoms with E-state index in [4.69, 9.17) is 9.26 Å². The first-order chi connectivity index (χ1) is 12.1. The number of ether oxygens (including phenoxy) is 1. The minimum Gasteiger partial charge on any atom is -0.466 e. The van der Waals surface area contributed by atoms with Crippen LogP contribution >= 0.6 is 0 Å². The summed E-state index contributed by atoms with van der Waals surface area (Å²) in [6.07, 6.45) is 1.53. The van der Waals surface area contributed by atoms with Crippen LogP contribution in [0.5, 0.6) is 0 Å². The molecule has 1 saturated heterocycles. The Morgan fingerprint density at radius 3 is 2.84 bits per heavy atom. The SMILES string of the molecule is CCOC(=O)C1CCN(Cc2nc(-c3ccc(C)c(F)c3)no2)CC1. The van der Waals surface area contributed by atoms with E-state index in [-0.39, 0.29) is 17.7 Å². The number of likely N-dealkylation sites (tertiary alicyclic amines) is 1. The van der Waals surface area contributed by atoms with E-state index in [2.05, 4.69) is 15.0 Å². The lowest BCUT2D eigenvalue weighted by Gasteiger charge is -2.29. The lowest BCUT2D eigenvalue weighted by Crippen LogP contribution is -2.36. The molecule has 1 fully saturated rings. The molecule has 1 aliphatic rings. The highest BCUT2D eigenvalue weighted by Crippen LogP contribution is 2.22. The molecule has 7 heteroatoms. The normalized spacial score (nSPS) is 16.1. The van der Waals surface area contributed by atoms with Gasteiger partial charge >= 0.3 is 5.97 Å². The number of carbonyl (C=O) groups excluding carboxylic acids is 1. The lowest BCUT2D eigenvalue weighted by atomic mass is 9.97. The van der Waals surface area contributed by atoms with Gasteiger partial charge in [0.1, 0.15) is 5.82 Å². The molecule has 0 amide bonds. The van der Waals surface area contributed by atoms with Gasteiger partial charge in [0.15, 0.2) is 0 Å². The first-order valence-corrected chi connectivity index (χ1v) is 8.55. The van der Waals surface area contributed by atoms with Gasteiger partial charge in [-0.05, 0) is 51.4 Å².